The van der Waals surface area contributed by atoms with Crippen LogP contribution in [0.3, 0.4) is 0 Å². The summed E-state index contributed by atoms with van der Waals surface area (Å²) in [6.45, 7) is 5.24. The van der Waals surface area contributed by atoms with Crippen molar-refractivity contribution in [3.63, 3.8) is 0 Å². The molecule has 6 heteroatoms. The lowest BCUT2D eigenvalue weighted by molar-refractivity contribution is 0.0942. The van der Waals surface area contributed by atoms with Crippen LogP contribution >= 0.6 is 0 Å². The van der Waals surface area contributed by atoms with E-state index in [1.165, 1.54) is 0 Å². The van der Waals surface area contributed by atoms with E-state index in [0.29, 0.717) is 23.9 Å². The Bertz CT molecular complexity index is 664. The van der Waals surface area contributed by atoms with E-state index in [4.69, 9.17) is 0 Å². The molecule has 3 rings (SSSR count). The van der Waals surface area contributed by atoms with Crippen LogP contribution in [0.15, 0.2) is 18.6 Å². The van der Waals surface area contributed by atoms with E-state index in [1.807, 2.05) is 26.2 Å². The summed E-state index contributed by atoms with van der Waals surface area (Å²) in [6, 6.07) is 0. The van der Waals surface area contributed by atoms with E-state index in [-0.39, 0.29) is 5.91 Å². The number of hydrogen-bond donors (Lipinski definition) is 1. The van der Waals surface area contributed by atoms with Crippen molar-refractivity contribution in [2.45, 2.75) is 33.2 Å². The summed E-state index contributed by atoms with van der Waals surface area (Å²) >= 11 is 0. The van der Waals surface area contributed by atoms with Gasteiger partial charge in [-0.1, -0.05) is 0 Å². The summed E-state index contributed by atoms with van der Waals surface area (Å²) in [4.78, 5) is 24.8. The first-order chi connectivity index (χ1) is 10.1. The zero-order chi connectivity index (χ0) is 14.8. The molecule has 0 radical (unpaired) electrons. The third kappa shape index (κ3) is 2.94. The summed E-state index contributed by atoms with van der Waals surface area (Å²) in [7, 11) is 0. The molecule has 1 atom stereocenters. The Balaban J connectivity index is 1.59. The first-order valence-electron chi connectivity index (χ1n) is 7.22. The second-order valence-corrected chi connectivity index (χ2v) is 5.53. The maximum Gasteiger partial charge on any atom is 0.254 e. The lowest BCUT2D eigenvalue weighted by Crippen LogP contribution is -2.34. The largest absolute Gasteiger partial charge is 0.352 e. The highest BCUT2D eigenvalue weighted by Gasteiger charge is 2.20. The number of nitrogens with zero attached hydrogens (tertiary/aromatic N) is 4. The van der Waals surface area contributed by atoms with Crippen LogP contribution in [0.1, 0.15) is 34.1 Å². The highest BCUT2D eigenvalue weighted by atomic mass is 16.1. The van der Waals surface area contributed by atoms with Gasteiger partial charge in [-0.25, -0.2) is 15.0 Å². The highest BCUT2D eigenvalue weighted by Crippen LogP contribution is 2.18. The van der Waals surface area contributed by atoms with E-state index >= 15 is 0 Å². The van der Waals surface area contributed by atoms with Gasteiger partial charge in [0.1, 0.15) is 11.6 Å². The number of carbonyl (C=O) groups is 1. The van der Waals surface area contributed by atoms with Gasteiger partial charge in [0.15, 0.2) is 0 Å². The van der Waals surface area contributed by atoms with Gasteiger partial charge in [0.2, 0.25) is 0 Å². The minimum Gasteiger partial charge on any atom is -0.352 e. The number of fused-ring (bicyclic) bond motifs is 1. The van der Waals surface area contributed by atoms with Crippen molar-refractivity contribution in [3.8, 4) is 0 Å². The van der Waals surface area contributed by atoms with Gasteiger partial charge < -0.3 is 9.88 Å². The van der Waals surface area contributed by atoms with Crippen LogP contribution in [-0.4, -0.2) is 32.0 Å². The van der Waals surface area contributed by atoms with E-state index in [0.717, 1.165) is 30.9 Å². The van der Waals surface area contributed by atoms with Gasteiger partial charge >= 0.3 is 0 Å². The number of hydrogen-bond acceptors (Lipinski definition) is 4. The normalized spacial score (nSPS) is 17.3. The van der Waals surface area contributed by atoms with Crippen molar-refractivity contribution in [2.75, 3.05) is 6.54 Å². The fourth-order valence-corrected chi connectivity index (χ4v) is 2.74. The molecule has 2 aromatic rings. The van der Waals surface area contributed by atoms with Gasteiger partial charge in [0, 0.05) is 38.1 Å². The maximum absolute atomic E-state index is 12.2. The van der Waals surface area contributed by atoms with Crippen LogP contribution in [-0.2, 0) is 13.0 Å². The molecular weight excluding hydrogens is 266 g/mol. The molecule has 110 valence electrons. The van der Waals surface area contributed by atoms with Crippen LogP contribution in [0.25, 0.3) is 0 Å². The third-order valence-electron chi connectivity index (χ3n) is 3.93. The number of amides is 1. The predicted octanol–water partition coefficient (Wildman–Crippen LogP) is 1.28. The smallest absolute Gasteiger partial charge is 0.254 e. The van der Waals surface area contributed by atoms with Gasteiger partial charge in [0.25, 0.3) is 5.91 Å². The molecule has 1 amide bonds. The molecule has 0 fully saturated rings. The first kappa shape index (κ1) is 13.7. The fourth-order valence-electron chi connectivity index (χ4n) is 2.74. The molecule has 0 unspecified atom stereocenters. The standard InChI is InChI=1S/C15H19N5O/c1-10-13(8-17-11(2)19-10)15(21)18-7-12-3-4-14-16-5-6-20(14)9-12/h5-6,8,12H,3-4,7,9H2,1-2H3,(H,18,21)/t12-/m1/s1. The van der Waals surface area contributed by atoms with E-state index in [2.05, 4.69) is 24.8 Å². The second kappa shape index (κ2) is 5.63. The summed E-state index contributed by atoms with van der Waals surface area (Å²) in [5.41, 5.74) is 1.28. The number of rotatable bonds is 3. The van der Waals surface area contributed by atoms with Crippen LogP contribution in [0.5, 0.6) is 0 Å². The Hall–Kier alpha value is -2.24. The fraction of sp³-hybridized carbons (Fsp3) is 0.467. The zero-order valence-corrected chi connectivity index (χ0v) is 12.3. The molecule has 3 heterocycles. The maximum atomic E-state index is 12.2. The van der Waals surface area contributed by atoms with Crippen LogP contribution < -0.4 is 5.32 Å². The molecule has 1 aliphatic heterocycles. The average molecular weight is 285 g/mol. The summed E-state index contributed by atoms with van der Waals surface area (Å²) in [5, 5.41) is 3.00. The Kier molecular flexibility index (Phi) is 3.68. The Morgan fingerprint density at radius 1 is 1.43 bits per heavy atom. The highest BCUT2D eigenvalue weighted by molar-refractivity contribution is 5.94. The van der Waals surface area contributed by atoms with Gasteiger partial charge in [-0.2, -0.15) is 0 Å². The van der Waals surface area contributed by atoms with Gasteiger partial charge in [0.05, 0.1) is 11.3 Å². The minimum atomic E-state index is -0.0936. The molecular formula is C15H19N5O. The first-order valence-corrected chi connectivity index (χ1v) is 7.22. The van der Waals surface area contributed by atoms with Crippen LogP contribution in [0.4, 0.5) is 0 Å². The number of carbonyl (C=O) groups excluding carboxylic acids is 1. The van der Waals surface area contributed by atoms with E-state index in [1.54, 1.807) is 6.20 Å². The monoisotopic (exact) mass is 285 g/mol. The summed E-state index contributed by atoms with van der Waals surface area (Å²) < 4.78 is 2.17. The Labute approximate surface area is 123 Å². The molecule has 21 heavy (non-hydrogen) atoms. The Morgan fingerprint density at radius 3 is 3.10 bits per heavy atom. The van der Waals surface area contributed by atoms with Crippen molar-refractivity contribution in [3.05, 3.63) is 41.5 Å². The predicted molar refractivity (Wildman–Crippen MR) is 77.9 cm³/mol. The van der Waals surface area contributed by atoms with Crippen LogP contribution in [0, 0.1) is 19.8 Å². The number of imidazole rings is 1. The molecule has 1 N–H and O–H groups in total. The molecule has 0 spiro atoms. The Morgan fingerprint density at radius 2 is 2.29 bits per heavy atom. The quantitative estimate of drug-likeness (QED) is 0.922. The van der Waals surface area contributed by atoms with Gasteiger partial charge in [-0.3, -0.25) is 4.79 Å². The third-order valence-corrected chi connectivity index (χ3v) is 3.93. The van der Waals surface area contributed by atoms with Gasteiger partial charge in [-0.05, 0) is 26.2 Å². The topological polar surface area (TPSA) is 72.7 Å². The minimum absolute atomic E-state index is 0.0936. The zero-order valence-electron chi connectivity index (χ0n) is 12.3. The molecule has 2 aromatic heterocycles. The molecule has 0 saturated heterocycles. The average Bonchev–Trinajstić information content (AvgIpc) is 2.92. The molecule has 0 aliphatic carbocycles. The second-order valence-electron chi connectivity index (χ2n) is 5.53. The van der Waals surface area contributed by atoms with Crippen LogP contribution in [0.2, 0.25) is 0 Å². The molecule has 0 saturated carbocycles. The summed E-state index contributed by atoms with van der Waals surface area (Å²) in [5.74, 6) is 2.18. The van der Waals surface area contributed by atoms with Crippen molar-refractivity contribution in [1.29, 1.82) is 0 Å². The number of nitrogens with one attached hydrogen (secondary N) is 1. The number of aryl methyl sites for hydroxylation is 3. The lowest BCUT2D eigenvalue weighted by atomic mass is 9.99. The van der Waals surface area contributed by atoms with Gasteiger partial charge in [-0.15, -0.1) is 0 Å². The molecule has 6 nitrogen and oxygen atoms in total. The molecule has 0 aromatic carbocycles. The van der Waals surface area contributed by atoms with Crippen molar-refractivity contribution in [1.82, 2.24) is 24.8 Å². The molecule has 1 aliphatic rings. The van der Waals surface area contributed by atoms with E-state index < -0.39 is 0 Å². The number of aromatic nitrogens is 4. The SMILES string of the molecule is Cc1ncc(C(=O)NC[C@H]2CCc3nccn3C2)c(C)n1. The van der Waals surface area contributed by atoms with Crippen molar-refractivity contribution in [2.24, 2.45) is 5.92 Å². The lowest BCUT2D eigenvalue weighted by Gasteiger charge is -2.24. The van der Waals surface area contributed by atoms with Crippen molar-refractivity contribution >= 4 is 5.91 Å². The van der Waals surface area contributed by atoms with Crippen molar-refractivity contribution < 1.29 is 4.79 Å². The van der Waals surface area contributed by atoms with E-state index in [9.17, 15) is 4.79 Å². The summed E-state index contributed by atoms with van der Waals surface area (Å²) in [6.07, 6.45) is 7.47. The molecule has 0 bridgehead atoms.